The second kappa shape index (κ2) is 10.6. The van der Waals surface area contributed by atoms with E-state index >= 15 is 0 Å². The Kier molecular flexibility index (Phi) is 7.35. The van der Waals surface area contributed by atoms with Gasteiger partial charge >= 0.3 is 0 Å². The van der Waals surface area contributed by atoms with Crippen LogP contribution in [0.5, 0.6) is 5.75 Å². The van der Waals surface area contributed by atoms with Crippen molar-refractivity contribution >= 4 is 17.2 Å². The number of nitrogens with zero attached hydrogens (tertiary/aromatic N) is 1. The molecule has 2 N–H and O–H groups in total. The standard InChI is InChI=1S/C25H28N2O3S/c28-22-10-12-27(13-11-22)17-20-8-6-19(7-9-20)16-26-25(29)21-3-1-4-23(15-21)30-18-24-5-2-14-31-24/h1-9,14-15,22,28H,10-13,16-18H2,(H,26,29). The lowest BCUT2D eigenvalue weighted by atomic mass is 10.1. The number of hydrogen-bond acceptors (Lipinski definition) is 5. The van der Waals surface area contributed by atoms with Crippen molar-refractivity contribution in [2.45, 2.75) is 38.6 Å². The van der Waals surface area contributed by atoms with Gasteiger partial charge in [-0.3, -0.25) is 9.69 Å². The summed E-state index contributed by atoms with van der Waals surface area (Å²) in [6.07, 6.45) is 1.56. The van der Waals surface area contributed by atoms with Crippen LogP contribution in [0, 0.1) is 0 Å². The van der Waals surface area contributed by atoms with Crippen LogP contribution in [-0.4, -0.2) is 35.1 Å². The molecular weight excluding hydrogens is 408 g/mol. The van der Waals surface area contributed by atoms with Gasteiger partial charge in [0.25, 0.3) is 5.91 Å². The topological polar surface area (TPSA) is 61.8 Å². The van der Waals surface area contributed by atoms with E-state index in [9.17, 15) is 9.90 Å². The number of piperidine rings is 1. The summed E-state index contributed by atoms with van der Waals surface area (Å²) >= 11 is 1.65. The smallest absolute Gasteiger partial charge is 0.251 e. The van der Waals surface area contributed by atoms with Crippen LogP contribution >= 0.6 is 11.3 Å². The lowest BCUT2D eigenvalue weighted by molar-refractivity contribution is 0.0792. The van der Waals surface area contributed by atoms with Gasteiger partial charge in [-0.15, -0.1) is 11.3 Å². The summed E-state index contributed by atoms with van der Waals surface area (Å²) in [4.78, 5) is 16.1. The van der Waals surface area contributed by atoms with Gasteiger partial charge in [0.2, 0.25) is 0 Å². The quantitative estimate of drug-likeness (QED) is 0.555. The maximum atomic E-state index is 12.6. The molecule has 0 aliphatic carbocycles. The fourth-order valence-electron chi connectivity index (χ4n) is 3.66. The molecule has 0 spiro atoms. The maximum absolute atomic E-state index is 12.6. The molecule has 4 rings (SSSR count). The molecule has 1 aliphatic heterocycles. The number of carbonyl (C=O) groups excluding carboxylic acids is 1. The molecule has 1 fully saturated rings. The van der Waals surface area contributed by atoms with Crippen LogP contribution < -0.4 is 10.1 Å². The minimum atomic E-state index is -0.143. The molecule has 0 bridgehead atoms. The molecule has 1 amide bonds. The summed E-state index contributed by atoms with van der Waals surface area (Å²) < 4.78 is 5.80. The number of hydrogen-bond donors (Lipinski definition) is 2. The van der Waals surface area contributed by atoms with Gasteiger partial charge in [0.05, 0.1) is 6.10 Å². The van der Waals surface area contributed by atoms with Crippen LogP contribution in [0.3, 0.4) is 0 Å². The van der Waals surface area contributed by atoms with Crippen molar-refractivity contribution in [3.8, 4) is 5.75 Å². The molecule has 0 unspecified atom stereocenters. The SMILES string of the molecule is O=C(NCc1ccc(CN2CCC(O)CC2)cc1)c1cccc(OCc2cccs2)c1. The highest BCUT2D eigenvalue weighted by atomic mass is 32.1. The van der Waals surface area contributed by atoms with Gasteiger partial charge in [-0.25, -0.2) is 0 Å². The lowest BCUT2D eigenvalue weighted by Crippen LogP contribution is -2.35. The first-order valence-corrected chi connectivity index (χ1v) is 11.6. The summed E-state index contributed by atoms with van der Waals surface area (Å²) in [6, 6.07) is 19.7. The average Bonchev–Trinajstić information content (AvgIpc) is 3.32. The lowest BCUT2D eigenvalue weighted by Gasteiger charge is -2.29. The van der Waals surface area contributed by atoms with Gasteiger partial charge in [-0.1, -0.05) is 36.4 Å². The Morgan fingerprint density at radius 3 is 2.58 bits per heavy atom. The minimum Gasteiger partial charge on any atom is -0.488 e. The summed E-state index contributed by atoms with van der Waals surface area (Å²) in [7, 11) is 0. The molecular formula is C25H28N2O3S. The number of rotatable bonds is 8. The summed E-state index contributed by atoms with van der Waals surface area (Å²) in [5.74, 6) is 0.577. The first-order valence-electron chi connectivity index (χ1n) is 10.7. The Balaban J connectivity index is 1.26. The molecule has 1 aliphatic rings. The van der Waals surface area contributed by atoms with Crippen molar-refractivity contribution in [1.29, 1.82) is 0 Å². The van der Waals surface area contributed by atoms with Crippen molar-refractivity contribution < 1.29 is 14.6 Å². The van der Waals surface area contributed by atoms with E-state index in [0.29, 0.717) is 24.5 Å². The molecule has 6 heteroatoms. The predicted octanol–water partition coefficient (Wildman–Crippen LogP) is 4.21. The van der Waals surface area contributed by atoms with Gasteiger partial charge in [0, 0.05) is 36.6 Å². The number of aliphatic hydroxyl groups is 1. The van der Waals surface area contributed by atoms with Crippen molar-refractivity contribution in [2.75, 3.05) is 13.1 Å². The Morgan fingerprint density at radius 2 is 1.84 bits per heavy atom. The third-order valence-corrected chi connectivity index (χ3v) is 6.35. The van der Waals surface area contributed by atoms with Gasteiger partial charge in [-0.2, -0.15) is 0 Å². The molecule has 1 saturated heterocycles. The Hall–Kier alpha value is -2.67. The van der Waals surface area contributed by atoms with Crippen LogP contribution in [-0.2, 0) is 19.7 Å². The zero-order valence-corrected chi connectivity index (χ0v) is 18.3. The van der Waals surface area contributed by atoms with Crippen molar-refractivity contribution in [1.82, 2.24) is 10.2 Å². The van der Waals surface area contributed by atoms with Crippen LogP contribution in [0.15, 0.2) is 66.0 Å². The van der Waals surface area contributed by atoms with Crippen molar-refractivity contribution in [2.24, 2.45) is 0 Å². The zero-order chi connectivity index (χ0) is 21.5. The van der Waals surface area contributed by atoms with Crippen LogP contribution in [0.25, 0.3) is 0 Å². The fraction of sp³-hybridized carbons (Fsp3) is 0.320. The largest absolute Gasteiger partial charge is 0.488 e. The third-order valence-electron chi connectivity index (χ3n) is 5.50. The normalized spacial score (nSPS) is 15.0. The molecule has 31 heavy (non-hydrogen) atoms. The molecule has 2 aromatic carbocycles. The number of amides is 1. The molecule has 1 aromatic heterocycles. The van der Waals surface area contributed by atoms with E-state index in [4.69, 9.17) is 4.74 Å². The zero-order valence-electron chi connectivity index (χ0n) is 17.5. The van der Waals surface area contributed by atoms with E-state index in [0.717, 1.165) is 42.9 Å². The fourth-order valence-corrected chi connectivity index (χ4v) is 4.27. The van der Waals surface area contributed by atoms with E-state index in [1.54, 1.807) is 23.5 Å². The molecule has 0 atom stereocenters. The number of thiophene rings is 1. The van der Waals surface area contributed by atoms with Crippen LogP contribution in [0.2, 0.25) is 0 Å². The highest BCUT2D eigenvalue weighted by molar-refractivity contribution is 7.09. The molecule has 0 saturated carbocycles. The minimum absolute atomic E-state index is 0.113. The van der Waals surface area contributed by atoms with Crippen LogP contribution in [0.4, 0.5) is 0 Å². The van der Waals surface area contributed by atoms with Gasteiger partial charge < -0.3 is 15.2 Å². The number of benzene rings is 2. The van der Waals surface area contributed by atoms with Gasteiger partial charge in [0.1, 0.15) is 12.4 Å². The first-order chi connectivity index (χ1) is 15.2. The van der Waals surface area contributed by atoms with E-state index < -0.39 is 0 Å². The molecule has 2 heterocycles. The summed E-state index contributed by atoms with van der Waals surface area (Å²) in [6.45, 7) is 3.77. The highest BCUT2D eigenvalue weighted by Gasteiger charge is 2.16. The molecule has 0 radical (unpaired) electrons. The van der Waals surface area contributed by atoms with Crippen molar-refractivity contribution in [3.63, 3.8) is 0 Å². The second-order valence-corrected chi connectivity index (χ2v) is 8.93. The third kappa shape index (κ3) is 6.40. The molecule has 3 aromatic rings. The highest BCUT2D eigenvalue weighted by Crippen LogP contribution is 2.18. The Bertz CT molecular complexity index is 965. The van der Waals surface area contributed by atoms with E-state index in [2.05, 4.69) is 34.5 Å². The van der Waals surface area contributed by atoms with Crippen molar-refractivity contribution in [3.05, 3.63) is 87.6 Å². The first kappa shape index (κ1) is 21.6. The second-order valence-electron chi connectivity index (χ2n) is 7.90. The predicted molar refractivity (Wildman–Crippen MR) is 123 cm³/mol. The summed E-state index contributed by atoms with van der Waals surface area (Å²) in [5, 5.41) is 14.6. The molecule has 5 nitrogen and oxygen atoms in total. The number of carbonyl (C=O) groups is 1. The average molecular weight is 437 g/mol. The monoisotopic (exact) mass is 436 g/mol. The molecule has 162 valence electrons. The van der Waals surface area contributed by atoms with Gasteiger partial charge in [-0.05, 0) is 53.6 Å². The number of likely N-dealkylation sites (tertiary alicyclic amines) is 1. The van der Waals surface area contributed by atoms with E-state index in [1.165, 1.54) is 5.56 Å². The Labute approximate surface area is 187 Å². The van der Waals surface area contributed by atoms with E-state index in [1.807, 2.05) is 29.6 Å². The Morgan fingerprint density at radius 1 is 1.06 bits per heavy atom. The number of ether oxygens (including phenoxy) is 1. The van der Waals surface area contributed by atoms with Gasteiger partial charge in [0.15, 0.2) is 0 Å². The number of aliphatic hydroxyl groups excluding tert-OH is 1. The van der Waals surface area contributed by atoms with Crippen LogP contribution in [0.1, 0.15) is 39.2 Å². The maximum Gasteiger partial charge on any atom is 0.251 e. The summed E-state index contributed by atoms with van der Waals surface area (Å²) in [5.41, 5.74) is 2.91. The number of nitrogens with one attached hydrogen (secondary N) is 1. The van der Waals surface area contributed by atoms with E-state index in [-0.39, 0.29) is 12.0 Å².